The minimum atomic E-state index is -4.68. The Morgan fingerprint density at radius 3 is 2.54 bits per heavy atom. The number of benzene rings is 1. The van der Waals surface area contributed by atoms with Gasteiger partial charge in [-0.3, -0.25) is 0 Å². The predicted molar refractivity (Wildman–Crippen MR) is 90.0 cm³/mol. The molecule has 4 nitrogen and oxygen atoms in total. The molecular weight excluding hydrogens is 347 g/mol. The Labute approximate surface area is 151 Å². The van der Waals surface area contributed by atoms with Crippen molar-refractivity contribution in [2.45, 2.75) is 57.9 Å². The van der Waals surface area contributed by atoms with Crippen LogP contribution >= 0.6 is 0 Å². The fourth-order valence-electron chi connectivity index (χ4n) is 3.96. The number of carbonyl (C=O) groups excluding carboxylic acids is 1. The normalized spacial score (nSPS) is 22.2. The van der Waals surface area contributed by atoms with Crippen molar-refractivity contribution in [3.8, 4) is 5.75 Å². The first-order chi connectivity index (χ1) is 11.9. The molecule has 1 saturated heterocycles. The predicted octanol–water partition coefficient (Wildman–Crippen LogP) is 5.09. The highest BCUT2D eigenvalue weighted by Crippen LogP contribution is 2.52. The highest BCUT2D eigenvalue weighted by molar-refractivity contribution is 5.69. The molecule has 2 aliphatic rings. The third-order valence-electron chi connectivity index (χ3n) is 4.97. The van der Waals surface area contributed by atoms with Gasteiger partial charge in [0.1, 0.15) is 11.4 Å². The standard InChI is InChI=1S/C19H24F3NO3/c1-17(2,3)26-16(24)23-11-18(12-23)8-7-14(10-18)13-5-4-6-15(9-13)25-19(20,21)22/h4-6,9,14H,7-8,10-12H2,1-3H3/t14-/m1/s1. The number of hydrogen-bond donors (Lipinski definition) is 0. The number of carbonyl (C=O) groups is 1. The van der Waals surface area contributed by atoms with Gasteiger partial charge in [0.2, 0.25) is 0 Å². The van der Waals surface area contributed by atoms with Gasteiger partial charge in [-0.15, -0.1) is 13.2 Å². The molecule has 0 aromatic heterocycles. The van der Waals surface area contributed by atoms with Gasteiger partial charge in [0.15, 0.2) is 0 Å². The average molecular weight is 371 g/mol. The van der Waals surface area contributed by atoms with Crippen LogP contribution in [-0.4, -0.2) is 36.0 Å². The molecule has 1 heterocycles. The summed E-state index contributed by atoms with van der Waals surface area (Å²) in [7, 11) is 0. The molecule has 144 valence electrons. The van der Waals surface area contributed by atoms with Crippen molar-refractivity contribution in [2.75, 3.05) is 13.1 Å². The molecule has 3 rings (SSSR count). The van der Waals surface area contributed by atoms with Crippen LogP contribution < -0.4 is 4.74 Å². The number of alkyl halides is 3. The summed E-state index contributed by atoms with van der Waals surface area (Å²) in [5, 5.41) is 0. The lowest BCUT2D eigenvalue weighted by Crippen LogP contribution is -2.58. The maximum Gasteiger partial charge on any atom is 0.573 e. The van der Waals surface area contributed by atoms with Crippen molar-refractivity contribution in [3.05, 3.63) is 29.8 Å². The van der Waals surface area contributed by atoms with Crippen molar-refractivity contribution in [1.29, 1.82) is 0 Å². The molecule has 0 bridgehead atoms. The molecule has 1 aliphatic heterocycles. The summed E-state index contributed by atoms with van der Waals surface area (Å²) in [6.07, 6.45) is -2.26. The van der Waals surface area contributed by atoms with Crippen LogP contribution in [0.1, 0.15) is 51.5 Å². The lowest BCUT2D eigenvalue weighted by atomic mass is 9.77. The lowest BCUT2D eigenvalue weighted by molar-refractivity contribution is -0.274. The van der Waals surface area contributed by atoms with Gasteiger partial charge in [0.25, 0.3) is 0 Å². The Balaban J connectivity index is 1.59. The SMILES string of the molecule is CC(C)(C)OC(=O)N1CC2(CC[C@@H](c3cccc(OC(F)(F)F)c3)C2)C1. The van der Waals surface area contributed by atoms with E-state index in [9.17, 15) is 18.0 Å². The van der Waals surface area contributed by atoms with E-state index in [1.165, 1.54) is 12.1 Å². The molecule has 1 aromatic rings. The molecule has 0 radical (unpaired) electrons. The van der Waals surface area contributed by atoms with Crippen LogP contribution in [0.5, 0.6) is 5.75 Å². The number of ether oxygens (including phenoxy) is 2. The molecule has 0 unspecified atom stereocenters. The second kappa shape index (κ2) is 6.35. The minimum absolute atomic E-state index is 0.0580. The molecule has 1 atom stereocenters. The zero-order valence-corrected chi connectivity index (χ0v) is 15.2. The van der Waals surface area contributed by atoms with Gasteiger partial charge in [-0.2, -0.15) is 0 Å². The van der Waals surface area contributed by atoms with E-state index in [4.69, 9.17) is 4.74 Å². The molecule has 1 aliphatic carbocycles. The molecule has 1 saturated carbocycles. The molecule has 2 fully saturated rings. The second-order valence-corrected chi connectivity index (χ2v) is 8.40. The molecule has 1 aromatic carbocycles. The zero-order chi connectivity index (χ0) is 19.2. The highest BCUT2D eigenvalue weighted by Gasteiger charge is 2.50. The van der Waals surface area contributed by atoms with E-state index in [0.29, 0.717) is 13.1 Å². The first-order valence-corrected chi connectivity index (χ1v) is 8.78. The zero-order valence-electron chi connectivity index (χ0n) is 15.2. The molecule has 7 heteroatoms. The number of hydrogen-bond acceptors (Lipinski definition) is 3. The molecular formula is C19H24F3NO3. The van der Waals surface area contributed by atoms with Crippen LogP contribution in [0.2, 0.25) is 0 Å². The molecule has 1 amide bonds. The van der Waals surface area contributed by atoms with Gasteiger partial charge in [0, 0.05) is 18.5 Å². The van der Waals surface area contributed by atoms with Gasteiger partial charge < -0.3 is 14.4 Å². The van der Waals surface area contributed by atoms with E-state index in [0.717, 1.165) is 24.8 Å². The number of amides is 1. The van der Waals surface area contributed by atoms with Gasteiger partial charge in [-0.05, 0) is 63.6 Å². The Morgan fingerprint density at radius 1 is 1.23 bits per heavy atom. The summed E-state index contributed by atoms with van der Waals surface area (Å²) >= 11 is 0. The minimum Gasteiger partial charge on any atom is -0.444 e. The number of rotatable bonds is 2. The van der Waals surface area contributed by atoms with Gasteiger partial charge >= 0.3 is 12.5 Å². The van der Waals surface area contributed by atoms with Crippen LogP contribution in [0.4, 0.5) is 18.0 Å². The number of nitrogens with zero attached hydrogens (tertiary/aromatic N) is 1. The summed E-state index contributed by atoms with van der Waals surface area (Å²) in [6, 6.07) is 6.23. The van der Waals surface area contributed by atoms with Crippen LogP contribution in [-0.2, 0) is 4.74 Å². The van der Waals surface area contributed by atoms with Crippen molar-refractivity contribution in [2.24, 2.45) is 5.41 Å². The van der Waals surface area contributed by atoms with Crippen molar-refractivity contribution in [3.63, 3.8) is 0 Å². The van der Waals surface area contributed by atoms with E-state index < -0.39 is 12.0 Å². The summed E-state index contributed by atoms with van der Waals surface area (Å²) in [5.74, 6) is 0.00695. The number of likely N-dealkylation sites (tertiary alicyclic amines) is 1. The maximum atomic E-state index is 12.4. The first kappa shape index (κ1) is 18.9. The van der Waals surface area contributed by atoms with Gasteiger partial charge in [-0.1, -0.05) is 12.1 Å². The van der Waals surface area contributed by atoms with E-state index in [2.05, 4.69) is 4.74 Å². The summed E-state index contributed by atoms with van der Waals surface area (Å²) in [4.78, 5) is 13.8. The van der Waals surface area contributed by atoms with E-state index in [1.807, 2.05) is 26.8 Å². The molecule has 0 N–H and O–H groups in total. The van der Waals surface area contributed by atoms with Crippen LogP contribution in [0.25, 0.3) is 0 Å². The van der Waals surface area contributed by atoms with Gasteiger partial charge in [0.05, 0.1) is 0 Å². The number of halogens is 3. The second-order valence-electron chi connectivity index (χ2n) is 8.40. The highest BCUT2D eigenvalue weighted by atomic mass is 19.4. The van der Waals surface area contributed by atoms with E-state index >= 15 is 0 Å². The Kier molecular flexibility index (Phi) is 4.61. The van der Waals surface area contributed by atoms with Crippen LogP contribution in [0, 0.1) is 5.41 Å². The largest absolute Gasteiger partial charge is 0.573 e. The third kappa shape index (κ3) is 4.43. The topological polar surface area (TPSA) is 38.8 Å². The monoisotopic (exact) mass is 371 g/mol. The van der Waals surface area contributed by atoms with Gasteiger partial charge in [-0.25, -0.2) is 4.79 Å². The molecule has 1 spiro atoms. The Bertz CT molecular complexity index is 675. The molecule has 26 heavy (non-hydrogen) atoms. The van der Waals surface area contributed by atoms with Crippen LogP contribution in [0.15, 0.2) is 24.3 Å². The van der Waals surface area contributed by atoms with Crippen LogP contribution in [0.3, 0.4) is 0 Å². The van der Waals surface area contributed by atoms with E-state index in [-0.39, 0.29) is 23.2 Å². The summed E-state index contributed by atoms with van der Waals surface area (Å²) in [6.45, 7) is 6.81. The van der Waals surface area contributed by atoms with Crippen molar-refractivity contribution >= 4 is 6.09 Å². The Hall–Kier alpha value is -1.92. The smallest absolute Gasteiger partial charge is 0.444 e. The quantitative estimate of drug-likeness (QED) is 0.727. The fourth-order valence-corrected chi connectivity index (χ4v) is 3.96. The lowest BCUT2D eigenvalue weighted by Gasteiger charge is -2.48. The maximum absolute atomic E-state index is 12.4. The first-order valence-electron chi connectivity index (χ1n) is 8.78. The fraction of sp³-hybridized carbons (Fsp3) is 0.632. The van der Waals surface area contributed by atoms with Crippen molar-refractivity contribution < 1.29 is 27.4 Å². The third-order valence-corrected chi connectivity index (χ3v) is 4.97. The van der Waals surface area contributed by atoms with E-state index in [1.54, 1.807) is 11.0 Å². The van der Waals surface area contributed by atoms with Crippen molar-refractivity contribution in [1.82, 2.24) is 4.90 Å². The average Bonchev–Trinajstić information content (AvgIpc) is 2.87. The summed E-state index contributed by atoms with van der Waals surface area (Å²) < 4.78 is 46.6. The Morgan fingerprint density at radius 2 is 1.92 bits per heavy atom. The summed E-state index contributed by atoms with van der Waals surface area (Å²) in [5.41, 5.74) is 0.402.